The van der Waals surface area contributed by atoms with Gasteiger partial charge in [-0.3, -0.25) is 0 Å². The topological polar surface area (TPSA) is 16.1 Å². The van der Waals surface area contributed by atoms with Gasteiger partial charge in [0.25, 0.3) is 0 Å². The Morgan fingerprint density at radius 1 is 1.29 bits per heavy atom. The standard InChI is InChI=1S/C11H12ClF3N2/c12-10-7-9(1-4-16-10)17-5-2-8(3-6-17)11(13,14)15/h1,4,7-8H,2-3,5-6H2. The summed E-state index contributed by atoms with van der Waals surface area (Å²) in [6, 6.07) is 3.44. The van der Waals surface area contributed by atoms with Crippen LogP contribution in [0.4, 0.5) is 18.9 Å². The van der Waals surface area contributed by atoms with Gasteiger partial charge in [-0.05, 0) is 25.0 Å². The highest BCUT2D eigenvalue weighted by atomic mass is 35.5. The van der Waals surface area contributed by atoms with Crippen LogP contribution >= 0.6 is 11.6 Å². The summed E-state index contributed by atoms with van der Waals surface area (Å²) in [6.07, 6.45) is -2.22. The summed E-state index contributed by atoms with van der Waals surface area (Å²) >= 11 is 5.75. The van der Waals surface area contributed by atoms with Gasteiger partial charge < -0.3 is 4.90 Å². The molecule has 0 unspecified atom stereocenters. The highest BCUT2D eigenvalue weighted by molar-refractivity contribution is 6.29. The maximum absolute atomic E-state index is 12.5. The fraction of sp³-hybridized carbons (Fsp3) is 0.545. The number of hydrogen-bond donors (Lipinski definition) is 0. The summed E-state index contributed by atoms with van der Waals surface area (Å²) in [5.74, 6) is -1.17. The molecule has 6 heteroatoms. The highest BCUT2D eigenvalue weighted by Crippen LogP contribution is 2.35. The van der Waals surface area contributed by atoms with E-state index in [9.17, 15) is 13.2 Å². The van der Waals surface area contributed by atoms with Crippen molar-refractivity contribution in [2.75, 3.05) is 18.0 Å². The molecule has 94 valence electrons. The second kappa shape index (κ2) is 4.72. The molecule has 0 N–H and O–H groups in total. The number of piperidine rings is 1. The highest BCUT2D eigenvalue weighted by Gasteiger charge is 2.41. The summed E-state index contributed by atoms with van der Waals surface area (Å²) in [7, 11) is 0. The molecule has 1 aromatic heterocycles. The Kier molecular flexibility index (Phi) is 3.47. The number of halogens is 4. The van der Waals surface area contributed by atoms with Gasteiger partial charge in [0.15, 0.2) is 0 Å². The van der Waals surface area contributed by atoms with Crippen molar-refractivity contribution < 1.29 is 13.2 Å². The number of aromatic nitrogens is 1. The lowest BCUT2D eigenvalue weighted by atomic mass is 9.96. The zero-order valence-electron chi connectivity index (χ0n) is 9.04. The first kappa shape index (κ1) is 12.5. The summed E-state index contributed by atoms with van der Waals surface area (Å²) in [4.78, 5) is 5.76. The molecule has 0 aliphatic carbocycles. The van der Waals surface area contributed by atoms with E-state index in [-0.39, 0.29) is 12.8 Å². The van der Waals surface area contributed by atoms with E-state index in [2.05, 4.69) is 4.98 Å². The van der Waals surface area contributed by atoms with E-state index in [1.165, 1.54) is 0 Å². The van der Waals surface area contributed by atoms with Gasteiger partial charge in [-0.2, -0.15) is 13.2 Å². The quantitative estimate of drug-likeness (QED) is 0.722. The first-order valence-corrected chi connectivity index (χ1v) is 5.78. The van der Waals surface area contributed by atoms with Gasteiger partial charge >= 0.3 is 6.18 Å². The van der Waals surface area contributed by atoms with Crippen molar-refractivity contribution in [1.29, 1.82) is 0 Å². The molecule has 1 fully saturated rings. The van der Waals surface area contributed by atoms with Crippen LogP contribution in [0.3, 0.4) is 0 Å². The van der Waals surface area contributed by atoms with E-state index in [1.807, 2.05) is 4.90 Å². The van der Waals surface area contributed by atoms with Gasteiger partial charge in [0.05, 0.1) is 5.92 Å². The zero-order valence-corrected chi connectivity index (χ0v) is 9.80. The molecule has 0 aromatic carbocycles. The minimum absolute atomic E-state index is 0.142. The number of anilines is 1. The van der Waals surface area contributed by atoms with Gasteiger partial charge in [0, 0.05) is 25.0 Å². The molecule has 1 aromatic rings. The molecule has 0 amide bonds. The molecule has 2 nitrogen and oxygen atoms in total. The Hall–Kier alpha value is -0.970. The average Bonchev–Trinajstić information content (AvgIpc) is 2.28. The van der Waals surface area contributed by atoms with E-state index in [4.69, 9.17) is 11.6 Å². The molecule has 1 aliphatic rings. The van der Waals surface area contributed by atoms with Crippen LogP contribution in [0, 0.1) is 5.92 Å². The third-order valence-electron chi connectivity index (χ3n) is 3.03. The molecule has 0 spiro atoms. The lowest BCUT2D eigenvalue weighted by Gasteiger charge is -2.34. The number of rotatable bonds is 1. The Morgan fingerprint density at radius 3 is 2.47 bits per heavy atom. The first-order valence-electron chi connectivity index (χ1n) is 5.40. The Morgan fingerprint density at radius 2 is 1.94 bits per heavy atom. The third-order valence-corrected chi connectivity index (χ3v) is 3.24. The van der Waals surface area contributed by atoms with Crippen LogP contribution in [0.25, 0.3) is 0 Å². The van der Waals surface area contributed by atoms with Crippen molar-refractivity contribution in [3.63, 3.8) is 0 Å². The van der Waals surface area contributed by atoms with Crippen molar-refractivity contribution in [2.24, 2.45) is 5.92 Å². The summed E-state index contributed by atoms with van der Waals surface area (Å²) in [5.41, 5.74) is 0.839. The minimum atomic E-state index is -4.07. The van der Waals surface area contributed by atoms with Crippen molar-refractivity contribution in [3.05, 3.63) is 23.5 Å². The van der Waals surface area contributed by atoms with Crippen molar-refractivity contribution in [2.45, 2.75) is 19.0 Å². The summed E-state index contributed by atoms with van der Waals surface area (Å²) < 4.78 is 37.5. The molecule has 0 radical (unpaired) electrons. The van der Waals surface area contributed by atoms with Crippen LogP contribution in [0.2, 0.25) is 5.15 Å². The molecule has 2 heterocycles. The molecule has 0 saturated carbocycles. The second-order valence-electron chi connectivity index (χ2n) is 4.14. The molecular weight excluding hydrogens is 253 g/mol. The zero-order chi connectivity index (χ0) is 12.5. The predicted octanol–water partition coefficient (Wildman–Crippen LogP) is 3.51. The Labute approximate surface area is 102 Å². The van der Waals surface area contributed by atoms with Crippen LogP contribution in [0.5, 0.6) is 0 Å². The number of alkyl halides is 3. The Balaban J connectivity index is 2.00. The molecule has 0 bridgehead atoms. The smallest absolute Gasteiger partial charge is 0.371 e. The van der Waals surface area contributed by atoms with Crippen molar-refractivity contribution in [1.82, 2.24) is 4.98 Å². The normalized spacial score (nSPS) is 18.5. The van der Waals surface area contributed by atoms with Gasteiger partial charge in [-0.15, -0.1) is 0 Å². The maximum atomic E-state index is 12.5. The monoisotopic (exact) mass is 264 g/mol. The first-order chi connectivity index (χ1) is 7.97. The predicted molar refractivity (Wildman–Crippen MR) is 60.2 cm³/mol. The van der Waals surface area contributed by atoms with Gasteiger partial charge in [0.1, 0.15) is 5.15 Å². The molecule has 1 aliphatic heterocycles. The van der Waals surface area contributed by atoms with Gasteiger partial charge in [-0.25, -0.2) is 4.98 Å². The number of hydrogen-bond acceptors (Lipinski definition) is 2. The Bertz CT molecular complexity index is 387. The van der Waals surface area contributed by atoms with Crippen LogP contribution in [-0.2, 0) is 0 Å². The van der Waals surface area contributed by atoms with Crippen molar-refractivity contribution >= 4 is 17.3 Å². The molecule has 0 atom stereocenters. The van der Waals surface area contributed by atoms with Crippen LogP contribution in [-0.4, -0.2) is 24.2 Å². The van der Waals surface area contributed by atoms with Crippen molar-refractivity contribution in [3.8, 4) is 0 Å². The van der Waals surface area contributed by atoms with E-state index >= 15 is 0 Å². The van der Waals surface area contributed by atoms with Crippen LogP contribution < -0.4 is 4.90 Å². The fourth-order valence-corrected chi connectivity index (χ4v) is 2.22. The largest absolute Gasteiger partial charge is 0.391 e. The minimum Gasteiger partial charge on any atom is -0.371 e. The lowest BCUT2D eigenvalue weighted by Crippen LogP contribution is -2.39. The van der Waals surface area contributed by atoms with E-state index < -0.39 is 12.1 Å². The van der Waals surface area contributed by atoms with E-state index in [0.29, 0.717) is 18.2 Å². The SMILES string of the molecule is FC(F)(F)C1CCN(c2ccnc(Cl)c2)CC1. The van der Waals surface area contributed by atoms with Crippen LogP contribution in [0.15, 0.2) is 18.3 Å². The maximum Gasteiger partial charge on any atom is 0.391 e. The fourth-order valence-electron chi connectivity index (χ4n) is 2.05. The lowest BCUT2D eigenvalue weighted by molar-refractivity contribution is -0.179. The molecule has 2 rings (SSSR count). The van der Waals surface area contributed by atoms with Crippen LogP contribution in [0.1, 0.15) is 12.8 Å². The molecule has 17 heavy (non-hydrogen) atoms. The van der Waals surface area contributed by atoms with Gasteiger partial charge in [-0.1, -0.05) is 11.6 Å². The molecule has 1 saturated heterocycles. The van der Waals surface area contributed by atoms with E-state index in [1.54, 1.807) is 18.3 Å². The average molecular weight is 265 g/mol. The summed E-state index contributed by atoms with van der Waals surface area (Å²) in [5, 5.41) is 0.362. The van der Waals surface area contributed by atoms with Gasteiger partial charge in [0.2, 0.25) is 0 Å². The second-order valence-corrected chi connectivity index (χ2v) is 4.53. The van der Waals surface area contributed by atoms with E-state index in [0.717, 1.165) is 5.69 Å². The molecular formula is C11H12ClF3N2. The number of pyridine rings is 1. The number of nitrogens with zero attached hydrogens (tertiary/aromatic N) is 2. The summed E-state index contributed by atoms with van der Waals surface area (Å²) in [6.45, 7) is 0.815. The third kappa shape index (κ3) is 3.03.